The maximum Gasteiger partial charge on any atom is 0.415 e. The maximum atomic E-state index is 12.0. The molecule has 16 heavy (non-hydrogen) atoms. The van der Waals surface area contributed by atoms with Crippen molar-refractivity contribution < 1.29 is 18.3 Å². The van der Waals surface area contributed by atoms with Gasteiger partial charge in [-0.05, 0) is 45.4 Å². The van der Waals surface area contributed by atoms with E-state index in [1.807, 2.05) is 7.05 Å². The van der Waals surface area contributed by atoms with Gasteiger partial charge in [0.05, 0.1) is 0 Å². The van der Waals surface area contributed by atoms with Gasteiger partial charge in [-0.25, -0.2) is 0 Å². The van der Waals surface area contributed by atoms with Crippen LogP contribution >= 0.6 is 0 Å². The summed E-state index contributed by atoms with van der Waals surface area (Å²) in [6, 6.07) is 0. The van der Waals surface area contributed by atoms with E-state index in [2.05, 4.69) is 10.2 Å². The fourth-order valence-electron chi connectivity index (χ4n) is 1.81. The Kier molecular flexibility index (Phi) is 5.01. The highest BCUT2D eigenvalue weighted by Gasteiger charge is 2.37. The third kappa shape index (κ3) is 4.67. The average molecular weight is 240 g/mol. The van der Waals surface area contributed by atoms with Gasteiger partial charge in [-0.1, -0.05) is 0 Å². The van der Waals surface area contributed by atoms with E-state index in [-0.39, 0.29) is 0 Å². The normalized spacial score (nSPS) is 22.3. The summed E-state index contributed by atoms with van der Waals surface area (Å²) in [5.74, 6) is 0.427. The molecule has 0 saturated carbocycles. The number of piperidine rings is 1. The molecule has 1 rings (SSSR count). The SMILES string of the molecule is CN1CCC(CNCC(O)C(F)(F)F)CC1. The summed E-state index contributed by atoms with van der Waals surface area (Å²) in [4.78, 5) is 2.21. The van der Waals surface area contributed by atoms with Gasteiger partial charge in [-0.15, -0.1) is 0 Å². The largest absolute Gasteiger partial charge is 0.415 e. The van der Waals surface area contributed by atoms with Crippen LogP contribution in [0.1, 0.15) is 12.8 Å². The molecule has 1 heterocycles. The predicted octanol–water partition coefficient (Wildman–Crippen LogP) is 0.841. The Morgan fingerprint density at radius 2 is 1.94 bits per heavy atom. The van der Waals surface area contributed by atoms with Crippen LogP contribution in [-0.2, 0) is 0 Å². The molecule has 1 unspecified atom stereocenters. The van der Waals surface area contributed by atoms with E-state index in [0.717, 1.165) is 25.9 Å². The number of aliphatic hydroxyl groups is 1. The number of halogens is 3. The second-order valence-electron chi connectivity index (χ2n) is 4.46. The van der Waals surface area contributed by atoms with Crippen molar-refractivity contribution in [2.45, 2.75) is 25.1 Å². The number of hydrogen-bond acceptors (Lipinski definition) is 3. The number of rotatable bonds is 4. The monoisotopic (exact) mass is 240 g/mol. The van der Waals surface area contributed by atoms with Gasteiger partial charge < -0.3 is 15.3 Å². The van der Waals surface area contributed by atoms with Crippen LogP contribution in [0.3, 0.4) is 0 Å². The van der Waals surface area contributed by atoms with Crippen molar-refractivity contribution in [3.63, 3.8) is 0 Å². The molecule has 0 aliphatic carbocycles. The highest BCUT2D eigenvalue weighted by molar-refractivity contribution is 4.74. The van der Waals surface area contributed by atoms with Crippen molar-refractivity contribution in [1.82, 2.24) is 10.2 Å². The molecular weight excluding hydrogens is 221 g/mol. The standard InChI is InChI=1S/C10H19F3N2O/c1-15-4-2-8(3-5-15)6-14-7-9(16)10(11,12)13/h8-9,14,16H,2-7H2,1H3. The Labute approximate surface area is 93.6 Å². The van der Waals surface area contributed by atoms with Crippen molar-refractivity contribution in [1.29, 1.82) is 0 Å². The van der Waals surface area contributed by atoms with Crippen LogP contribution in [0.5, 0.6) is 0 Å². The van der Waals surface area contributed by atoms with E-state index in [9.17, 15) is 13.2 Å². The summed E-state index contributed by atoms with van der Waals surface area (Å²) in [5, 5.41) is 11.4. The lowest BCUT2D eigenvalue weighted by Crippen LogP contribution is -2.41. The molecule has 0 spiro atoms. The molecule has 6 heteroatoms. The molecule has 1 aliphatic heterocycles. The maximum absolute atomic E-state index is 12.0. The van der Waals surface area contributed by atoms with E-state index >= 15 is 0 Å². The number of aliphatic hydroxyl groups excluding tert-OH is 1. The van der Waals surface area contributed by atoms with Crippen molar-refractivity contribution in [3.05, 3.63) is 0 Å². The molecule has 1 atom stereocenters. The lowest BCUT2D eigenvalue weighted by molar-refractivity contribution is -0.201. The fraction of sp³-hybridized carbons (Fsp3) is 1.00. The van der Waals surface area contributed by atoms with Crippen LogP contribution in [0.4, 0.5) is 13.2 Å². The summed E-state index contributed by atoms with van der Waals surface area (Å²) in [5.41, 5.74) is 0. The van der Waals surface area contributed by atoms with Gasteiger partial charge in [0.25, 0.3) is 0 Å². The molecule has 0 amide bonds. The lowest BCUT2D eigenvalue weighted by atomic mass is 9.97. The Morgan fingerprint density at radius 1 is 1.38 bits per heavy atom. The third-order valence-electron chi connectivity index (χ3n) is 2.99. The van der Waals surface area contributed by atoms with Gasteiger partial charge in [0.15, 0.2) is 6.10 Å². The van der Waals surface area contributed by atoms with Gasteiger partial charge in [-0.3, -0.25) is 0 Å². The molecule has 1 aliphatic rings. The third-order valence-corrected chi connectivity index (χ3v) is 2.99. The average Bonchev–Trinajstić information content (AvgIpc) is 2.19. The molecule has 1 saturated heterocycles. The van der Waals surface area contributed by atoms with Gasteiger partial charge in [0.1, 0.15) is 0 Å². The first-order valence-electron chi connectivity index (χ1n) is 5.53. The molecule has 96 valence electrons. The first-order chi connectivity index (χ1) is 7.39. The summed E-state index contributed by atoms with van der Waals surface area (Å²) >= 11 is 0. The van der Waals surface area contributed by atoms with Crippen LogP contribution in [0, 0.1) is 5.92 Å². The van der Waals surface area contributed by atoms with E-state index in [1.54, 1.807) is 0 Å². The Bertz CT molecular complexity index is 203. The van der Waals surface area contributed by atoms with Crippen molar-refractivity contribution in [2.24, 2.45) is 5.92 Å². The molecule has 0 aromatic rings. The zero-order chi connectivity index (χ0) is 12.2. The number of nitrogens with zero attached hydrogens (tertiary/aromatic N) is 1. The highest BCUT2D eigenvalue weighted by Crippen LogP contribution is 2.19. The molecule has 0 aromatic heterocycles. The molecule has 0 aromatic carbocycles. The van der Waals surface area contributed by atoms with Crippen LogP contribution in [-0.4, -0.2) is 55.5 Å². The Morgan fingerprint density at radius 3 is 2.44 bits per heavy atom. The van der Waals surface area contributed by atoms with E-state index in [1.165, 1.54) is 0 Å². The summed E-state index contributed by atoms with van der Waals surface area (Å²) < 4.78 is 35.9. The second kappa shape index (κ2) is 5.84. The minimum Gasteiger partial charge on any atom is -0.382 e. The van der Waals surface area contributed by atoms with Gasteiger partial charge >= 0.3 is 6.18 Å². The van der Waals surface area contributed by atoms with Gasteiger partial charge in [0, 0.05) is 6.54 Å². The lowest BCUT2D eigenvalue weighted by Gasteiger charge is -2.29. The number of hydrogen-bond donors (Lipinski definition) is 2. The summed E-state index contributed by atoms with van der Waals surface area (Å²) in [6.45, 7) is 2.14. The van der Waals surface area contributed by atoms with Crippen molar-refractivity contribution in [3.8, 4) is 0 Å². The van der Waals surface area contributed by atoms with E-state index in [0.29, 0.717) is 12.5 Å². The molecule has 3 nitrogen and oxygen atoms in total. The molecular formula is C10H19F3N2O. The zero-order valence-corrected chi connectivity index (χ0v) is 9.43. The molecule has 0 bridgehead atoms. The molecule has 2 N–H and O–H groups in total. The first-order valence-corrected chi connectivity index (χ1v) is 5.53. The Hall–Kier alpha value is -0.330. The topological polar surface area (TPSA) is 35.5 Å². The predicted molar refractivity (Wildman–Crippen MR) is 55.2 cm³/mol. The minimum atomic E-state index is -4.51. The minimum absolute atomic E-state index is 0.407. The van der Waals surface area contributed by atoms with Crippen LogP contribution in [0.15, 0.2) is 0 Å². The van der Waals surface area contributed by atoms with Gasteiger partial charge in [-0.2, -0.15) is 13.2 Å². The van der Waals surface area contributed by atoms with E-state index in [4.69, 9.17) is 5.11 Å². The quantitative estimate of drug-likeness (QED) is 0.764. The smallest absolute Gasteiger partial charge is 0.382 e. The summed E-state index contributed by atoms with van der Waals surface area (Å²) in [6.07, 6.45) is -4.75. The molecule has 1 fully saturated rings. The Balaban J connectivity index is 2.11. The number of likely N-dealkylation sites (tertiary alicyclic amines) is 1. The van der Waals surface area contributed by atoms with Crippen molar-refractivity contribution >= 4 is 0 Å². The number of nitrogens with one attached hydrogen (secondary N) is 1. The van der Waals surface area contributed by atoms with Crippen LogP contribution < -0.4 is 5.32 Å². The van der Waals surface area contributed by atoms with E-state index < -0.39 is 18.8 Å². The second-order valence-corrected chi connectivity index (χ2v) is 4.46. The van der Waals surface area contributed by atoms with Crippen LogP contribution in [0.2, 0.25) is 0 Å². The van der Waals surface area contributed by atoms with Crippen LogP contribution in [0.25, 0.3) is 0 Å². The fourth-order valence-corrected chi connectivity index (χ4v) is 1.81. The highest BCUT2D eigenvalue weighted by atomic mass is 19.4. The zero-order valence-electron chi connectivity index (χ0n) is 9.43. The molecule has 0 radical (unpaired) electrons. The number of alkyl halides is 3. The summed E-state index contributed by atoms with van der Waals surface area (Å²) in [7, 11) is 2.04. The first kappa shape index (κ1) is 13.7. The van der Waals surface area contributed by atoms with Gasteiger partial charge in [0.2, 0.25) is 0 Å². The van der Waals surface area contributed by atoms with Crippen molar-refractivity contribution in [2.75, 3.05) is 33.2 Å².